The van der Waals surface area contributed by atoms with Crippen LogP contribution in [0.15, 0.2) is 21.9 Å². The minimum atomic E-state index is 0.859. The molecule has 5 heteroatoms. The fourth-order valence-corrected chi connectivity index (χ4v) is 2.06. The third-order valence-electron chi connectivity index (χ3n) is 2.21. The first kappa shape index (κ1) is 10.3. The van der Waals surface area contributed by atoms with Gasteiger partial charge in [0.15, 0.2) is 11.0 Å². The van der Waals surface area contributed by atoms with Crippen molar-refractivity contribution < 1.29 is 4.42 Å². The average Bonchev–Trinajstić information content (AvgIpc) is 2.76. The third-order valence-corrected chi connectivity index (χ3v) is 3.11. The summed E-state index contributed by atoms with van der Waals surface area (Å²) in [6.45, 7) is 4.03. The van der Waals surface area contributed by atoms with Gasteiger partial charge in [0.25, 0.3) is 0 Å². The van der Waals surface area contributed by atoms with Crippen LogP contribution in [-0.2, 0) is 7.05 Å². The first-order chi connectivity index (χ1) is 7.24. The highest BCUT2D eigenvalue weighted by Gasteiger charge is 2.13. The van der Waals surface area contributed by atoms with Gasteiger partial charge in [0, 0.05) is 7.05 Å². The number of hydrogen-bond donors (Lipinski definition) is 0. The van der Waals surface area contributed by atoms with Crippen LogP contribution in [0.2, 0.25) is 0 Å². The Morgan fingerprint density at radius 2 is 2.27 bits per heavy atom. The lowest BCUT2D eigenvalue weighted by molar-refractivity contribution is 0.534. The largest absolute Gasteiger partial charge is 0.469 e. The zero-order chi connectivity index (χ0) is 10.8. The normalized spacial score (nSPS) is 10.9. The SMILES string of the molecule is CCSc1nnc(-c2ccoc2C)n1C. The molecule has 2 rings (SSSR count). The maximum atomic E-state index is 5.26. The molecule has 0 bridgehead atoms. The molecule has 0 radical (unpaired) electrons. The van der Waals surface area contributed by atoms with Gasteiger partial charge in [0.1, 0.15) is 5.76 Å². The van der Waals surface area contributed by atoms with Crippen molar-refractivity contribution in [3.05, 3.63) is 18.1 Å². The van der Waals surface area contributed by atoms with Crippen molar-refractivity contribution in [3.8, 4) is 11.4 Å². The van der Waals surface area contributed by atoms with Crippen molar-refractivity contribution in [2.75, 3.05) is 5.75 Å². The number of rotatable bonds is 3. The zero-order valence-corrected chi connectivity index (χ0v) is 9.84. The molecule has 0 atom stereocenters. The molecule has 0 fully saturated rings. The number of aryl methyl sites for hydroxylation is 1. The first-order valence-corrected chi connectivity index (χ1v) is 5.79. The van der Waals surface area contributed by atoms with E-state index in [2.05, 4.69) is 17.1 Å². The Bertz CT molecular complexity index is 461. The summed E-state index contributed by atoms with van der Waals surface area (Å²) in [6.07, 6.45) is 1.67. The molecule has 4 nitrogen and oxygen atoms in total. The van der Waals surface area contributed by atoms with Gasteiger partial charge < -0.3 is 8.98 Å². The first-order valence-electron chi connectivity index (χ1n) is 4.80. The molecule has 2 aromatic rings. The van der Waals surface area contributed by atoms with Crippen molar-refractivity contribution in [1.29, 1.82) is 0 Å². The van der Waals surface area contributed by atoms with E-state index >= 15 is 0 Å². The molecule has 2 heterocycles. The summed E-state index contributed by atoms with van der Waals surface area (Å²) < 4.78 is 7.25. The highest BCUT2D eigenvalue weighted by Crippen LogP contribution is 2.25. The Morgan fingerprint density at radius 1 is 1.47 bits per heavy atom. The lowest BCUT2D eigenvalue weighted by Gasteiger charge is -2.00. The van der Waals surface area contributed by atoms with Crippen molar-refractivity contribution in [2.45, 2.75) is 19.0 Å². The Kier molecular flexibility index (Phi) is 2.81. The van der Waals surface area contributed by atoms with Gasteiger partial charge in [-0.2, -0.15) is 0 Å². The third kappa shape index (κ3) is 1.79. The monoisotopic (exact) mass is 223 g/mol. The van der Waals surface area contributed by atoms with Crippen molar-refractivity contribution in [3.63, 3.8) is 0 Å². The van der Waals surface area contributed by atoms with E-state index in [1.807, 2.05) is 24.6 Å². The van der Waals surface area contributed by atoms with E-state index in [0.717, 1.165) is 28.1 Å². The van der Waals surface area contributed by atoms with Gasteiger partial charge in [0.05, 0.1) is 11.8 Å². The minimum Gasteiger partial charge on any atom is -0.469 e. The molecule has 0 unspecified atom stereocenters. The van der Waals surface area contributed by atoms with Gasteiger partial charge in [0.2, 0.25) is 0 Å². The van der Waals surface area contributed by atoms with Crippen molar-refractivity contribution >= 4 is 11.8 Å². The lowest BCUT2D eigenvalue weighted by atomic mass is 10.2. The second-order valence-corrected chi connectivity index (χ2v) is 4.42. The summed E-state index contributed by atoms with van der Waals surface area (Å²) in [5, 5.41) is 9.24. The molecular weight excluding hydrogens is 210 g/mol. The summed E-state index contributed by atoms with van der Waals surface area (Å²) in [4.78, 5) is 0. The maximum Gasteiger partial charge on any atom is 0.191 e. The van der Waals surface area contributed by atoms with E-state index in [1.165, 1.54) is 0 Å². The Morgan fingerprint density at radius 3 is 2.87 bits per heavy atom. The Hall–Kier alpha value is -1.23. The quantitative estimate of drug-likeness (QED) is 0.750. The van der Waals surface area contributed by atoms with Crippen LogP contribution >= 0.6 is 11.8 Å². The highest BCUT2D eigenvalue weighted by atomic mass is 32.2. The van der Waals surface area contributed by atoms with Crippen LogP contribution < -0.4 is 0 Å². The lowest BCUT2D eigenvalue weighted by Crippen LogP contribution is -1.94. The smallest absolute Gasteiger partial charge is 0.191 e. The van der Waals surface area contributed by atoms with Crippen LogP contribution in [0, 0.1) is 6.92 Å². The molecule has 0 amide bonds. The highest BCUT2D eigenvalue weighted by molar-refractivity contribution is 7.99. The van der Waals surface area contributed by atoms with E-state index in [4.69, 9.17) is 4.42 Å². The second-order valence-electron chi connectivity index (χ2n) is 3.19. The topological polar surface area (TPSA) is 43.9 Å². The zero-order valence-electron chi connectivity index (χ0n) is 9.02. The number of furan rings is 1. The second kappa shape index (κ2) is 4.10. The number of aromatic nitrogens is 3. The Labute approximate surface area is 92.7 Å². The van der Waals surface area contributed by atoms with Gasteiger partial charge in [-0.15, -0.1) is 10.2 Å². The van der Waals surface area contributed by atoms with E-state index in [9.17, 15) is 0 Å². The van der Waals surface area contributed by atoms with Crippen molar-refractivity contribution in [1.82, 2.24) is 14.8 Å². The average molecular weight is 223 g/mol. The molecule has 0 spiro atoms. The van der Waals surface area contributed by atoms with E-state index in [1.54, 1.807) is 18.0 Å². The molecule has 0 aliphatic heterocycles. The molecule has 0 N–H and O–H groups in total. The van der Waals surface area contributed by atoms with Crippen LogP contribution in [0.5, 0.6) is 0 Å². The summed E-state index contributed by atoms with van der Waals surface area (Å²) in [7, 11) is 1.97. The van der Waals surface area contributed by atoms with E-state index in [-0.39, 0.29) is 0 Å². The molecule has 0 aromatic carbocycles. The van der Waals surface area contributed by atoms with Gasteiger partial charge in [-0.3, -0.25) is 0 Å². The molecular formula is C10H13N3OS. The summed E-state index contributed by atoms with van der Waals surface area (Å²) >= 11 is 1.68. The van der Waals surface area contributed by atoms with Gasteiger partial charge in [-0.25, -0.2) is 0 Å². The van der Waals surface area contributed by atoms with Crippen LogP contribution in [0.3, 0.4) is 0 Å². The Balaban J connectivity index is 2.42. The molecule has 80 valence electrons. The van der Waals surface area contributed by atoms with E-state index < -0.39 is 0 Å². The molecule has 0 aliphatic rings. The van der Waals surface area contributed by atoms with Gasteiger partial charge in [-0.05, 0) is 18.7 Å². The molecule has 2 aromatic heterocycles. The van der Waals surface area contributed by atoms with Crippen molar-refractivity contribution in [2.24, 2.45) is 7.05 Å². The maximum absolute atomic E-state index is 5.26. The number of thioether (sulfide) groups is 1. The number of nitrogens with zero attached hydrogens (tertiary/aromatic N) is 3. The minimum absolute atomic E-state index is 0.859. The van der Waals surface area contributed by atoms with Crippen LogP contribution in [-0.4, -0.2) is 20.5 Å². The molecule has 0 saturated heterocycles. The predicted octanol–water partition coefficient (Wildman–Crippen LogP) is 2.50. The molecule has 15 heavy (non-hydrogen) atoms. The fourth-order valence-electron chi connectivity index (χ4n) is 1.42. The van der Waals surface area contributed by atoms with E-state index in [0.29, 0.717) is 0 Å². The molecule has 0 aliphatic carbocycles. The molecule has 0 saturated carbocycles. The fraction of sp³-hybridized carbons (Fsp3) is 0.400. The van der Waals surface area contributed by atoms with Crippen LogP contribution in [0.25, 0.3) is 11.4 Å². The summed E-state index contributed by atoms with van der Waals surface area (Å²) in [5.74, 6) is 2.73. The van der Waals surface area contributed by atoms with Crippen LogP contribution in [0.1, 0.15) is 12.7 Å². The summed E-state index contributed by atoms with van der Waals surface area (Å²) in [6, 6.07) is 1.92. The van der Waals surface area contributed by atoms with Gasteiger partial charge >= 0.3 is 0 Å². The van der Waals surface area contributed by atoms with Crippen LogP contribution in [0.4, 0.5) is 0 Å². The number of hydrogen-bond acceptors (Lipinski definition) is 4. The standard InChI is InChI=1S/C10H13N3OS/c1-4-15-10-12-11-9(13(10)3)8-5-6-14-7(8)2/h5-6H,4H2,1-3H3. The summed E-state index contributed by atoms with van der Waals surface area (Å²) in [5.41, 5.74) is 1.01. The van der Waals surface area contributed by atoms with Gasteiger partial charge in [-0.1, -0.05) is 18.7 Å². The predicted molar refractivity (Wildman–Crippen MR) is 59.8 cm³/mol.